The highest BCUT2D eigenvalue weighted by Crippen LogP contribution is 2.45. The highest BCUT2D eigenvalue weighted by atomic mass is 79.9. The molecule has 1 atom stereocenters. The molecule has 0 spiro atoms. The number of fused-ring (bicyclic) bond motifs is 1. The molecule has 0 aromatic heterocycles. The van der Waals surface area contributed by atoms with Gasteiger partial charge in [-0.15, -0.1) is 0 Å². The zero-order valence-electron chi connectivity index (χ0n) is 11.7. The standard InChI is InChI=1S/C14H21BrN2O/c1-6-18-14(5)16-11-8-7-10(15)9-12(11)17(14)13(2,3)4/h7-9,16H,6H2,1-5H3/t14-/m0/s1. The Hall–Kier alpha value is -0.740. The van der Waals surface area contributed by atoms with Gasteiger partial charge in [-0.2, -0.15) is 0 Å². The molecular weight excluding hydrogens is 292 g/mol. The van der Waals surface area contributed by atoms with Gasteiger partial charge in [0.1, 0.15) is 0 Å². The molecule has 0 unspecified atom stereocenters. The largest absolute Gasteiger partial charge is 0.339 e. The van der Waals surface area contributed by atoms with Crippen molar-refractivity contribution in [3.05, 3.63) is 22.7 Å². The van der Waals surface area contributed by atoms with Crippen LogP contribution in [0, 0.1) is 0 Å². The van der Waals surface area contributed by atoms with Crippen LogP contribution in [0.25, 0.3) is 0 Å². The normalized spacial score (nSPS) is 22.9. The number of hydrogen-bond acceptors (Lipinski definition) is 3. The van der Waals surface area contributed by atoms with E-state index in [1.165, 1.54) is 5.69 Å². The topological polar surface area (TPSA) is 24.5 Å². The summed E-state index contributed by atoms with van der Waals surface area (Å²) in [7, 11) is 0. The van der Waals surface area contributed by atoms with Crippen molar-refractivity contribution < 1.29 is 4.74 Å². The molecular formula is C14H21BrN2O. The Morgan fingerprint density at radius 2 is 2.06 bits per heavy atom. The average molecular weight is 313 g/mol. The van der Waals surface area contributed by atoms with Gasteiger partial charge in [0, 0.05) is 23.5 Å². The maximum absolute atomic E-state index is 5.95. The Labute approximate surface area is 118 Å². The molecule has 100 valence electrons. The molecule has 2 rings (SSSR count). The predicted octanol–water partition coefficient (Wildman–Crippen LogP) is 4.19. The number of halogens is 1. The lowest BCUT2D eigenvalue weighted by atomic mass is 10.0. The third-order valence-electron chi connectivity index (χ3n) is 3.09. The van der Waals surface area contributed by atoms with Crippen molar-refractivity contribution in [1.82, 2.24) is 0 Å². The minimum Gasteiger partial charge on any atom is -0.339 e. The Morgan fingerprint density at radius 1 is 1.39 bits per heavy atom. The van der Waals surface area contributed by atoms with Gasteiger partial charge >= 0.3 is 0 Å². The van der Waals surface area contributed by atoms with Crippen LogP contribution in [-0.2, 0) is 4.74 Å². The summed E-state index contributed by atoms with van der Waals surface area (Å²) in [5, 5.41) is 3.48. The number of anilines is 2. The number of rotatable bonds is 2. The van der Waals surface area contributed by atoms with Gasteiger partial charge in [-0.05, 0) is 45.9 Å². The Morgan fingerprint density at radius 3 is 2.61 bits per heavy atom. The minimum atomic E-state index is -0.490. The first-order valence-electron chi connectivity index (χ1n) is 6.30. The molecule has 0 saturated carbocycles. The van der Waals surface area contributed by atoms with Gasteiger partial charge in [0.05, 0.1) is 11.4 Å². The monoisotopic (exact) mass is 312 g/mol. The first kappa shape index (κ1) is 13.7. The van der Waals surface area contributed by atoms with Gasteiger partial charge < -0.3 is 15.0 Å². The maximum atomic E-state index is 5.95. The van der Waals surface area contributed by atoms with E-state index in [-0.39, 0.29) is 5.54 Å². The van der Waals surface area contributed by atoms with Crippen LogP contribution in [0.4, 0.5) is 11.4 Å². The van der Waals surface area contributed by atoms with Crippen molar-refractivity contribution in [2.24, 2.45) is 0 Å². The number of hydrogen-bond donors (Lipinski definition) is 1. The fourth-order valence-corrected chi connectivity index (χ4v) is 3.06. The molecule has 1 aliphatic rings. The fourth-order valence-electron chi connectivity index (χ4n) is 2.71. The van der Waals surface area contributed by atoms with Crippen LogP contribution in [0.15, 0.2) is 22.7 Å². The molecule has 4 heteroatoms. The second kappa shape index (κ2) is 4.42. The van der Waals surface area contributed by atoms with Crippen LogP contribution in [0.5, 0.6) is 0 Å². The summed E-state index contributed by atoms with van der Waals surface area (Å²) in [5.41, 5.74) is 2.26. The van der Waals surface area contributed by atoms with E-state index in [1.54, 1.807) is 0 Å². The highest BCUT2D eigenvalue weighted by Gasteiger charge is 2.45. The van der Waals surface area contributed by atoms with Crippen molar-refractivity contribution in [1.29, 1.82) is 0 Å². The lowest BCUT2D eigenvalue weighted by Gasteiger charge is -2.44. The highest BCUT2D eigenvalue weighted by molar-refractivity contribution is 9.10. The summed E-state index contributed by atoms with van der Waals surface area (Å²) in [5.74, 6) is -0.490. The van der Waals surface area contributed by atoms with Gasteiger partial charge in [0.15, 0.2) is 0 Å². The van der Waals surface area contributed by atoms with Gasteiger partial charge in [-0.25, -0.2) is 0 Å². The summed E-state index contributed by atoms with van der Waals surface area (Å²) in [6, 6.07) is 6.27. The van der Waals surface area contributed by atoms with Crippen LogP contribution in [-0.4, -0.2) is 18.0 Å². The third kappa shape index (κ3) is 2.24. The van der Waals surface area contributed by atoms with Crippen LogP contribution in [0.1, 0.15) is 34.6 Å². The van der Waals surface area contributed by atoms with Crippen molar-refractivity contribution in [2.75, 3.05) is 16.8 Å². The SMILES string of the molecule is CCO[C@@]1(C)Nc2ccc(Br)cc2N1C(C)(C)C. The Bertz CT molecular complexity index is 456. The molecule has 1 N–H and O–H groups in total. The number of nitrogens with zero attached hydrogens (tertiary/aromatic N) is 1. The van der Waals surface area contributed by atoms with Gasteiger partial charge in [-0.3, -0.25) is 0 Å². The van der Waals surface area contributed by atoms with Crippen LogP contribution >= 0.6 is 15.9 Å². The van der Waals surface area contributed by atoms with Crippen LogP contribution in [0.2, 0.25) is 0 Å². The number of benzene rings is 1. The first-order valence-corrected chi connectivity index (χ1v) is 7.09. The van der Waals surface area contributed by atoms with Gasteiger partial charge in [0.2, 0.25) is 5.85 Å². The molecule has 1 heterocycles. The van der Waals surface area contributed by atoms with Gasteiger partial charge in [-0.1, -0.05) is 15.9 Å². The fraction of sp³-hybridized carbons (Fsp3) is 0.571. The van der Waals surface area contributed by atoms with E-state index < -0.39 is 5.85 Å². The molecule has 1 aliphatic heterocycles. The molecule has 0 radical (unpaired) electrons. The second-order valence-corrected chi connectivity index (χ2v) is 6.62. The summed E-state index contributed by atoms with van der Waals surface area (Å²) >= 11 is 3.54. The van der Waals surface area contributed by atoms with Crippen molar-refractivity contribution in [3.8, 4) is 0 Å². The molecule has 18 heavy (non-hydrogen) atoms. The summed E-state index contributed by atoms with van der Waals surface area (Å²) in [6.45, 7) is 11.4. The lowest BCUT2D eigenvalue weighted by Crippen LogP contribution is -2.58. The molecule has 0 amide bonds. The summed E-state index contributed by atoms with van der Waals surface area (Å²) < 4.78 is 7.03. The van der Waals surface area contributed by atoms with E-state index >= 15 is 0 Å². The molecule has 1 aromatic carbocycles. The van der Waals surface area contributed by atoms with E-state index in [4.69, 9.17) is 4.74 Å². The molecule has 0 bridgehead atoms. The smallest absolute Gasteiger partial charge is 0.216 e. The quantitative estimate of drug-likeness (QED) is 0.886. The number of nitrogens with one attached hydrogen (secondary N) is 1. The average Bonchev–Trinajstić information content (AvgIpc) is 2.49. The Balaban J connectivity index is 2.52. The Kier molecular flexibility index (Phi) is 3.36. The maximum Gasteiger partial charge on any atom is 0.216 e. The van der Waals surface area contributed by atoms with Gasteiger partial charge in [0.25, 0.3) is 0 Å². The van der Waals surface area contributed by atoms with E-state index in [0.717, 1.165) is 10.2 Å². The lowest BCUT2D eigenvalue weighted by molar-refractivity contribution is -0.0113. The second-order valence-electron chi connectivity index (χ2n) is 5.71. The molecule has 3 nitrogen and oxygen atoms in total. The molecule has 0 saturated heterocycles. The van der Waals surface area contributed by atoms with Crippen molar-refractivity contribution in [3.63, 3.8) is 0 Å². The first-order chi connectivity index (χ1) is 8.28. The van der Waals surface area contributed by atoms with Crippen LogP contribution < -0.4 is 10.2 Å². The predicted molar refractivity (Wildman–Crippen MR) is 80.0 cm³/mol. The van der Waals surface area contributed by atoms with E-state index in [2.05, 4.69) is 66.0 Å². The van der Waals surface area contributed by atoms with Crippen LogP contribution in [0.3, 0.4) is 0 Å². The van der Waals surface area contributed by atoms with Crippen molar-refractivity contribution >= 4 is 27.3 Å². The summed E-state index contributed by atoms with van der Waals surface area (Å²) in [4.78, 5) is 2.30. The number of ether oxygens (including phenoxy) is 1. The summed E-state index contributed by atoms with van der Waals surface area (Å²) in [6.07, 6.45) is 0. The molecule has 1 aromatic rings. The van der Waals surface area contributed by atoms with E-state index in [0.29, 0.717) is 6.61 Å². The minimum absolute atomic E-state index is 0.0248. The zero-order chi connectivity index (χ0) is 13.6. The van der Waals surface area contributed by atoms with E-state index in [1.807, 2.05) is 13.0 Å². The molecule has 0 fully saturated rings. The molecule has 0 aliphatic carbocycles. The zero-order valence-corrected chi connectivity index (χ0v) is 13.3. The third-order valence-corrected chi connectivity index (χ3v) is 3.58. The van der Waals surface area contributed by atoms with E-state index in [9.17, 15) is 0 Å². The van der Waals surface area contributed by atoms with Crippen molar-refractivity contribution in [2.45, 2.75) is 46.0 Å².